The van der Waals surface area contributed by atoms with E-state index in [4.69, 9.17) is 11.6 Å². The van der Waals surface area contributed by atoms with Crippen molar-refractivity contribution >= 4 is 11.6 Å². The van der Waals surface area contributed by atoms with Crippen LogP contribution in [0.4, 0.5) is 0 Å². The molecule has 0 fully saturated rings. The number of aromatic nitrogens is 1. The zero-order valence-corrected chi connectivity index (χ0v) is 11.4. The summed E-state index contributed by atoms with van der Waals surface area (Å²) in [5.74, 6) is 0. The van der Waals surface area contributed by atoms with Gasteiger partial charge in [-0.2, -0.15) is 0 Å². The average molecular weight is 261 g/mol. The molecular formula is C15H17ClN2. The Labute approximate surface area is 113 Å². The second kappa shape index (κ2) is 5.98. The fourth-order valence-corrected chi connectivity index (χ4v) is 2.34. The van der Waals surface area contributed by atoms with Crippen molar-refractivity contribution in [2.75, 3.05) is 7.05 Å². The Bertz CT molecular complexity index is 525. The van der Waals surface area contributed by atoms with Crippen LogP contribution in [0.3, 0.4) is 0 Å². The summed E-state index contributed by atoms with van der Waals surface area (Å²) in [7, 11) is 1.97. The van der Waals surface area contributed by atoms with Crippen molar-refractivity contribution in [3.63, 3.8) is 0 Å². The van der Waals surface area contributed by atoms with E-state index in [-0.39, 0.29) is 6.04 Å². The van der Waals surface area contributed by atoms with Crippen LogP contribution in [0.2, 0.25) is 5.02 Å². The lowest BCUT2D eigenvalue weighted by Gasteiger charge is -2.19. The summed E-state index contributed by atoms with van der Waals surface area (Å²) in [6.07, 6.45) is 4.60. The van der Waals surface area contributed by atoms with Crippen LogP contribution in [0.5, 0.6) is 0 Å². The first-order chi connectivity index (χ1) is 8.72. The minimum Gasteiger partial charge on any atom is -0.313 e. The standard InChI is InChI=1S/C15H17ClN2/c1-11-10-18-8-7-13(11)15(17-2)9-12-5-3-4-6-14(12)16/h3-8,10,15,17H,9H2,1-2H3. The number of hydrogen-bond acceptors (Lipinski definition) is 2. The molecule has 0 bridgehead atoms. The summed E-state index contributed by atoms with van der Waals surface area (Å²) in [6, 6.07) is 10.3. The minimum atomic E-state index is 0.257. The van der Waals surface area contributed by atoms with E-state index in [1.54, 1.807) is 0 Å². The summed E-state index contributed by atoms with van der Waals surface area (Å²) in [5.41, 5.74) is 3.63. The van der Waals surface area contributed by atoms with Gasteiger partial charge in [0.15, 0.2) is 0 Å². The molecule has 2 nitrogen and oxygen atoms in total. The molecule has 0 saturated carbocycles. The molecule has 1 heterocycles. The van der Waals surface area contributed by atoms with Crippen molar-refractivity contribution in [3.8, 4) is 0 Å². The van der Waals surface area contributed by atoms with Gasteiger partial charge < -0.3 is 5.32 Å². The lowest BCUT2D eigenvalue weighted by Crippen LogP contribution is -2.20. The van der Waals surface area contributed by atoms with Gasteiger partial charge >= 0.3 is 0 Å². The van der Waals surface area contributed by atoms with Gasteiger partial charge in [0, 0.05) is 23.5 Å². The average Bonchev–Trinajstić information content (AvgIpc) is 2.39. The number of likely N-dealkylation sites (N-methyl/N-ethyl adjacent to an activating group) is 1. The molecule has 0 aliphatic rings. The number of pyridine rings is 1. The highest BCUT2D eigenvalue weighted by Gasteiger charge is 2.13. The number of aryl methyl sites for hydroxylation is 1. The molecule has 2 rings (SSSR count). The lowest BCUT2D eigenvalue weighted by atomic mass is 9.97. The van der Waals surface area contributed by atoms with Gasteiger partial charge in [-0.3, -0.25) is 4.98 Å². The van der Waals surface area contributed by atoms with Crippen molar-refractivity contribution in [2.24, 2.45) is 0 Å². The number of rotatable bonds is 4. The van der Waals surface area contributed by atoms with Crippen molar-refractivity contribution in [1.29, 1.82) is 0 Å². The minimum absolute atomic E-state index is 0.257. The van der Waals surface area contributed by atoms with E-state index >= 15 is 0 Å². The van der Waals surface area contributed by atoms with E-state index in [1.807, 2.05) is 37.6 Å². The molecular weight excluding hydrogens is 244 g/mol. The first-order valence-electron chi connectivity index (χ1n) is 6.03. The van der Waals surface area contributed by atoms with E-state index < -0.39 is 0 Å². The summed E-state index contributed by atoms with van der Waals surface area (Å²) in [4.78, 5) is 4.13. The molecule has 1 atom stereocenters. The van der Waals surface area contributed by atoms with Gasteiger partial charge in [-0.05, 0) is 49.2 Å². The summed E-state index contributed by atoms with van der Waals surface area (Å²) in [6.45, 7) is 2.08. The number of nitrogens with one attached hydrogen (secondary N) is 1. The predicted octanol–water partition coefficient (Wildman–Crippen LogP) is 3.55. The number of hydrogen-bond donors (Lipinski definition) is 1. The first kappa shape index (κ1) is 13.1. The van der Waals surface area contributed by atoms with E-state index in [1.165, 1.54) is 11.1 Å². The molecule has 1 aromatic heterocycles. The zero-order valence-electron chi connectivity index (χ0n) is 10.7. The highest BCUT2D eigenvalue weighted by atomic mass is 35.5. The Hall–Kier alpha value is -1.38. The third kappa shape index (κ3) is 2.89. The highest BCUT2D eigenvalue weighted by molar-refractivity contribution is 6.31. The van der Waals surface area contributed by atoms with Gasteiger partial charge in [0.25, 0.3) is 0 Å². The maximum Gasteiger partial charge on any atom is 0.0438 e. The number of benzene rings is 1. The number of nitrogens with zero attached hydrogens (tertiary/aromatic N) is 1. The molecule has 0 saturated heterocycles. The first-order valence-corrected chi connectivity index (χ1v) is 6.41. The fourth-order valence-electron chi connectivity index (χ4n) is 2.13. The van der Waals surface area contributed by atoms with Crippen LogP contribution in [-0.4, -0.2) is 12.0 Å². The topological polar surface area (TPSA) is 24.9 Å². The molecule has 3 heteroatoms. The molecule has 1 aromatic carbocycles. The van der Waals surface area contributed by atoms with E-state index in [2.05, 4.69) is 29.4 Å². The third-order valence-corrected chi connectivity index (χ3v) is 3.54. The molecule has 1 N–H and O–H groups in total. The van der Waals surface area contributed by atoms with E-state index in [9.17, 15) is 0 Å². The zero-order chi connectivity index (χ0) is 13.0. The maximum absolute atomic E-state index is 6.21. The molecule has 0 radical (unpaired) electrons. The van der Waals surface area contributed by atoms with Crippen LogP contribution in [0, 0.1) is 6.92 Å². The van der Waals surface area contributed by atoms with Crippen molar-refractivity contribution in [1.82, 2.24) is 10.3 Å². The summed E-state index contributed by atoms with van der Waals surface area (Å²) < 4.78 is 0. The smallest absolute Gasteiger partial charge is 0.0438 e. The lowest BCUT2D eigenvalue weighted by molar-refractivity contribution is 0.588. The van der Waals surface area contributed by atoms with Crippen LogP contribution >= 0.6 is 11.6 Å². The van der Waals surface area contributed by atoms with Gasteiger partial charge in [-0.1, -0.05) is 29.8 Å². The SMILES string of the molecule is CNC(Cc1ccccc1Cl)c1ccncc1C. The molecule has 0 spiro atoms. The monoisotopic (exact) mass is 260 g/mol. The van der Waals surface area contributed by atoms with Crippen LogP contribution in [-0.2, 0) is 6.42 Å². The van der Waals surface area contributed by atoms with Gasteiger partial charge in [0.05, 0.1) is 0 Å². The van der Waals surface area contributed by atoms with Crippen molar-refractivity contribution < 1.29 is 0 Å². The van der Waals surface area contributed by atoms with Gasteiger partial charge in [0.2, 0.25) is 0 Å². The highest BCUT2D eigenvalue weighted by Crippen LogP contribution is 2.24. The third-order valence-electron chi connectivity index (χ3n) is 3.17. The molecule has 94 valence electrons. The van der Waals surface area contributed by atoms with Crippen LogP contribution in [0.25, 0.3) is 0 Å². The van der Waals surface area contributed by atoms with E-state index in [0.29, 0.717) is 0 Å². The Morgan fingerprint density at radius 3 is 2.72 bits per heavy atom. The molecule has 0 aliphatic carbocycles. The second-order valence-electron chi connectivity index (χ2n) is 4.37. The number of halogens is 1. The molecule has 1 unspecified atom stereocenters. The van der Waals surface area contributed by atoms with Crippen LogP contribution in [0.15, 0.2) is 42.7 Å². The van der Waals surface area contributed by atoms with Crippen molar-refractivity contribution in [3.05, 3.63) is 64.4 Å². The Morgan fingerprint density at radius 1 is 1.28 bits per heavy atom. The van der Waals surface area contributed by atoms with E-state index in [0.717, 1.165) is 17.0 Å². The van der Waals surface area contributed by atoms with Gasteiger partial charge in [-0.15, -0.1) is 0 Å². The maximum atomic E-state index is 6.21. The molecule has 0 aliphatic heterocycles. The molecule has 2 aromatic rings. The Kier molecular flexibility index (Phi) is 4.34. The Balaban J connectivity index is 2.26. The fraction of sp³-hybridized carbons (Fsp3) is 0.267. The van der Waals surface area contributed by atoms with Crippen molar-refractivity contribution in [2.45, 2.75) is 19.4 Å². The molecule has 0 amide bonds. The second-order valence-corrected chi connectivity index (χ2v) is 4.78. The predicted molar refractivity (Wildman–Crippen MR) is 75.9 cm³/mol. The largest absolute Gasteiger partial charge is 0.313 e. The van der Waals surface area contributed by atoms with Gasteiger partial charge in [0.1, 0.15) is 0 Å². The summed E-state index contributed by atoms with van der Waals surface area (Å²) >= 11 is 6.21. The summed E-state index contributed by atoms with van der Waals surface area (Å²) in [5, 5.41) is 4.17. The van der Waals surface area contributed by atoms with Gasteiger partial charge in [-0.25, -0.2) is 0 Å². The molecule has 18 heavy (non-hydrogen) atoms. The quantitative estimate of drug-likeness (QED) is 0.910. The Morgan fingerprint density at radius 2 is 2.06 bits per heavy atom. The normalized spacial score (nSPS) is 12.4. The van der Waals surface area contributed by atoms with Crippen LogP contribution in [0.1, 0.15) is 22.7 Å². The van der Waals surface area contributed by atoms with Crippen LogP contribution < -0.4 is 5.32 Å².